The molecule has 1 fully saturated rings. The third kappa shape index (κ3) is 2.04. The number of aromatic amines is 1. The molecule has 88 valence electrons. The maximum Gasteiger partial charge on any atom is 0.140 e. The van der Waals surface area contributed by atoms with Crippen molar-refractivity contribution in [1.82, 2.24) is 9.97 Å². The van der Waals surface area contributed by atoms with E-state index in [9.17, 15) is 0 Å². The van der Waals surface area contributed by atoms with Crippen LogP contribution >= 0.6 is 12.2 Å². The van der Waals surface area contributed by atoms with E-state index in [2.05, 4.69) is 16.9 Å². The summed E-state index contributed by atoms with van der Waals surface area (Å²) in [5, 5.41) is 0. The Labute approximate surface area is 101 Å². The van der Waals surface area contributed by atoms with Crippen molar-refractivity contribution in [2.45, 2.75) is 44.6 Å². The average molecular weight is 238 g/mol. The van der Waals surface area contributed by atoms with Crippen LogP contribution in [0.3, 0.4) is 0 Å². The molecule has 16 heavy (non-hydrogen) atoms. The smallest absolute Gasteiger partial charge is 0.140 e. The van der Waals surface area contributed by atoms with Crippen LogP contribution in [0.15, 0.2) is 6.07 Å². The highest BCUT2D eigenvalue weighted by Crippen LogP contribution is 2.42. The third-order valence-corrected chi connectivity index (χ3v) is 3.51. The minimum Gasteiger partial charge on any atom is -0.370 e. The number of rotatable bonds is 4. The Kier molecular flexibility index (Phi) is 3.40. The van der Waals surface area contributed by atoms with E-state index < -0.39 is 0 Å². The SMILES string of the molecule is CCCc1cc(=S)nc(C2(OC)CCC2)[nH]1. The van der Waals surface area contributed by atoms with Gasteiger partial charge in [0.2, 0.25) is 0 Å². The molecule has 3 nitrogen and oxygen atoms in total. The summed E-state index contributed by atoms with van der Waals surface area (Å²) in [6.45, 7) is 2.16. The Morgan fingerprint density at radius 2 is 2.31 bits per heavy atom. The van der Waals surface area contributed by atoms with E-state index in [1.54, 1.807) is 7.11 Å². The van der Waals surface area contributed by atoms with Gasteiger partial charge in [-0.2, -0.15) is 0 Å². The van der Waals surface area contributed by atoms with Gasteiger partial charge in [0.05, 0.1) is 0 Å². The summed E-state index contributed by atoms with van der Waals surface area (Å²) in [7, 11) is 1.75. The predicted molar refractivity (Wildman–Crippen MR) is 66.0 cm³/mol. The van der Waals surface area contributed by atoms with Crippen LogP contribution in [0.25, 0.3) is 0 Å². The number of hydrogen-bond acceptors (Lipinski definition) is 3. The van der Waals surface area contributed by atoms with Crippen LogP contribution in [-0.2, 0) is 16.8 Å². The molecule has 1 heterocycles. The van der Waals surface area contributed by atoms with Crippen molar-refractivity contribution in [2.75, 3.05) is 7.11 Å². The Bertz CT molecular complexity index is 418. The lowest BCUT2D eigenvalue weighted by molar-refractivity contribution is -0.0848. The van der Waals surface area contributed by atoms with Crippen LogP contribution in [0.1, 0.15) is 44.1 Å². The lowest BCUT2D eigenvalue weighted by Crippen LogP contribution is -2.38. The van der Waals surface area contributed by atoms with Crippen molar-refractivity contribution in [3.8, 4) is 0 Å². The summed E-state index contributed by atoms with van der Waals surface area (Å²) in [4.78, 5) is 7.79. The second-order valence-corrected chi connectivity index (χ2v) is 4.81. The number of aryl methyl sites for hydroxylation is 1. The van der Waals surface area contributed by atoms with Gasteiger partial charge < -0.3 is 9.72 Å². The summed E-state index contributed by atoms with van der Waals surface area (Å²) in [6.07, 6.45) is 5.40. The van der Waals surface area contributed by atoms with Gasteiger partial charge in [-0.25, -0.2) is 4.98 Å². The van der Waals surface area contributed by atoms with E-state index in [1.807, 2.05) is 6.07 Å². The first-order valence-corrected chi connectivity index (χ1v) is 6.27. The highest BCUT2D eigenvalue weighted by Gasteiger charge is 2.41. The Morgan fingerprint density at radius 1 is 1.56 bits per heavy atom. The molecular weight excluding hydrogens is 220 g/mol. The fraction of sp³-hybridized carbons (Fsp3) is 0.667. The van der Waals surface area contributed by atoms with E-state index in [1.165, 1.54) is 12.1 Å². The zero-order valence-corrected chi connectivity index (χ0v) is 10.7. The molecule has 1 saturated carbocycles. The molecule has 0 unspecified atom stereocenters. The zero-order chi connectivity index (χ0) is 11.6. The number of H-pyrrole nitrogens is 1. The zero-order valence-electron chi connectivity index (χ0n) is 9.88. The largest absolute Gasteiger partial charge is 0.370 e. The lowest BCUT2D eigenvalue weighted by Gasteiger charge is -2.39. The molecule has 1 N–H and O–H groups in total. The normalized spacial score (nSPS) is 18.1. The van der Waals surface area contributed by atoms with E-state index >= 15 is 0 Å². The van der Waals surface area contributed by atoms with Crippen LogP contribution < -0.4 is 0 Å². The monoisotopic (exact) mass is 238 g/mol. The van der Waals surface area contributed by atoms with E-state index in [0.717, 1.165) is 31.5 Å². The molecule has 0 atom stereocenters. The molecule has 0 spiro atoms. The summed E-state index contributed by atoms with van der Waals surface area (Å²) in [5.74, 6) is 0.914. The average Bonchev–Trinajstić information content (AvgIpc) is 2.16. The molecule has 1 aliphatic carbocycles. The molecule has 0 radical (unpaired) electrons. The van der Waals surface area contributed by atoms with Gasteiger partial charge in [0.25, 0.3) is 0 Å². The molecule has 0 amide bonds. The first-order chi connectivity index (χ1) is 7.70. The minimum absolute atomic E-state index is 0.197. The van der Waals surface area contributed by atoms with Gasteiger partial charge in [-0.1, -0.05) is 25.6 Å². The number of nitrogens with one attached hydrogen (secondary N) is 1. The van der Waals surface area contributed by atoms with Gasteiger partial charge in [0, 0.05) is 12.8 Å². The second kappa shape index (κ2) is 4.63. The van der Waals surface area contributed by atoms with Crippen LogP contribution in [0, 0.1) is 4.64 Å². The van der Waals surface area contributed by atoms with Crippen molar-refractivity contribution in [1.29, 1.82) is 0 Å². The maximum atomic E-state index is 5.61. The molecule has 4 heteroatoms. The fourth-order valence-corrected chi connectivity index (χ4v) is 2.40. The van der Waals surface area contributed by atoms with Crippen LogP contribution in [0.2, 0.25) is 0 Å². The molecule has 1 aromatic rings. The molecule has 2 rings (SSSR count). The number of nitrogens with zero attached hydrogens (tertiary/aromatic N) is 1. The molecule has 1 aromatic heterocycles. The Morgan fingerprint density at radius 3 is 2.81 bits per heavy atom. The molecule has 0 aliphatic heterocycles. The van der Waals surface area contributed by atoms with Gasteiger partial charge in [-0.15, -0.1) is 0 Å². The fourth-order valence-electron chi connectivity index (χ4n) is 2.16. The van der Waals surface area contributed by atoms with Crippen LogP contribution in [-0.4, -0.2) is 17.1 Å². The predicted octanol–water partition coefficient (Wildman–Crippen LogP) is 3.12. The third-order valence-electron chi connectivity index (χ3n) is 3.30. The van der Waals surface area contributed by atoms with Gasteiger partial charge in [-0.05, 0) is 31.7 Å². The number of methoxy groups -OCH3 is 1. The van der Waals surface area contributed by atoms with Gasteiger partial charge >= 0.3 is 0 Å². The van der Waals surface area contributed by atoms with Crippen LogP contribution in [0.4, 0.5) is 0 Å². The highest BCUT2D eigenvalue weighted by atomic mass is 32.1. The van der Waals surface area contributed by atoms with Gasteiger partial charge in [0.1, 0.15) is 16.1 Å². The Balaban J connectivity index is 2.36. The van der Waals surface area contributed by atoms with E-state index in [-0.39, 0.29) is 5.60 Å². The first-order valence-electron chi connectivity index (χ1n) is 5.86. The summed E-state index contributed by atoms with van der Waals surface area (Å²) < 4.78 is 6.28. The summed E-state index contributed by atoms with van der Waals surface area (Å²) in [6, 6.07) is 1.95. The van der Waals surface area contributed by atoms with Crippen molar-refractivity contribution >= 4 is 12.2 Å². The number of ether oxygens (including phenoxy) is 1. The maximum absolute atomic E-state index is 5.61. The molecular formula is C12H18N2OS. The summed E-state index contributed by atoms with van der Waals surface area (Å²) >= 11 is 5.20. The van der Waals surface area contributed by atoms with Crippen LogP contribution in [0.5, 0.6) is 0 Å². The standard InChI is InChI=1S/C12H18N2OS/c1-3-5-9-8-10(16)14-11(13-9)12(15-2)6-4-7-12/h8H,3-7H2,1-2H3,(H,13,14,16). The van der Waals surface area contributed by atoms with Crippen molar-refractivity contribution in [3.05, 3.63) is 22.2 Å². The molecule has 0 aromatic carbocycles. The van der Waals surface area contributed by atoms with Crippen molar-refractivity contribution < 1.29 is 4.74 Å². The van der Waals surface area contributed by atoms with Crippen molar-refractivity contribution in [3.63, 3.8) is 0 Å². The topological polar surface area (TPSA) is 37.9 Å². The van der Waals surface area contributed by atoms with E-state index in [4.69, 9.17) is 17.0 Å². The van der Waals surface area contributed by atoms with E-state index in [0.29, 0.717) is 4.64 Å². The number of hydrogen-bond donors (Lipinski definition) is 1. The highest BCUT2D eigenvalue weighted by molar-refractivity contribution is 7.71. The first kappa shape index (κ1) is 11.7. The van der Waals surface area contributed by atoms with Gasteiger partial charge in [-0.3, -0.25) is 0 Å². The van der Waals surface area contributed by atoms with Crippen molar-refractivity contribution in [2.24, 2.45) is 0 Å². The lowest BCUT2D eigenvalue weighted by atomic mass is 9.79. The quantitative estimate of drug-likeness (QED) is 0.819. The molecule has 1 aliphatic rings. The summed E-state index contributed by atoms with van der Waals surface area (Å²) in [5.41, 5.74) is 0.970. The molecule has 0 bridgehead atoms. The minimum atomic E-state index is -0.197. The number of aromatic nitrogens is 2. The Hall–Kier alpha value is -0.740. The second-order valence-electron chi connectivity index (χ2n) is 4.40. The van der Waals surface area contributed by atoms with Gasteiger partial charge in [0.15, 0.2) is 0 Å². The molecule has 0 saturated heterocycles.